The van der Waals surface area contributed by atoms with E-state index >= 15 is 0 Å². The fourth-order valence-electron chi connectivity index (χ4n) is 1.87. The highest BCUT2D eigenvalue weighted by Crippen LogP contribution is 2.35. The van der Waals surface area contributed by atoms with Gasteiger partial charge in [-0.25, -0.2) is 0 Å². The summed E-state index contributed by atoms with van der Waals surface area (Å²) >= 11 is 2.12. The van der Waals surface area contributed by atoms with Crippen LogP contribution in [0.3, 0.4) is 0 Å². The number of hydrogen-bond acceptors (Lipinski definition) is 2. The molecule has 0 spiro atoms. The van der Waals surface area contributed by atoms with E-state index in [1.54, 1.807) is 6.07 Å². The number of rotatable bonds is 3. The number of aromatic hydroxyl groups is 1. The Morgan fingerprint density at radius 1 is 1.35 bits per heavy atom. The van der Waals surface area contributed by atoms with Crippen molar-refractivity contribution in [2.45, 2.75) is 39.0 Å². The molecule has 1 rings (SSSR count). The van der Waals surface area contributed by atoms with Crippen LogP contribution in [-0.4, -0.2) is 16.2 Å². The molecule has 0 bridgehead atoms. The molecule has 1 aromatic rings. The normalized spacial score (nSPS) is 11.5. The lowest BCUT2D eigenvalue weighted by Gasteiger charge is -2.25. The van der Waals surface area contributed by atoms with E-state index in [0.29, 0.717) is 6.42 Å². The number of carboxylic acid groups (broad SMARTS) is 1. The van der Waals surface area contributed by atoms with Crippen molar-refractivity contribution in [3.05, 3.63) is 26.8 Å². The van der Waals surface area contributed by atoms with Gasteiger partial charge < -0.3 is 10.2 Å². The Morgan fingerprint density at radius 3 is 2.41 bits per heavy atom. The molecule has 0 atom stereocenters. The third kappa shape index (κ3) is 3.59. The van der Waals surface area contributed by atoms with Crippen LogP contribution in [0.4, 0.5) is 0 Å². The summed E-state index contributed by atoms with van der Waals surface area (Å²) in [5.41, 5.74) is 1.93. The van der Waals surface area contributed by atoms with Gasteiger partial charge in [-0.15, -0.1) is 0 Å². The van der Waals surface area contributed by atoms with Crippen molar-refractivity contribution in [2.75, 3.05) is 0 Å². The molecule has 0 aromatic heterocycles. The van der Waals surface area contributed by atoms with E-state index in [2.05, 4.69) is 43.4 Å². The highest BCUT2D eigenvalue weighted by atomic mass is 127. The lowest BCUT2D eigenvalue weighted by atomic mass is 9.82. The average molecular weight is 348 g/mol. The maximum atomic E-state index is 10.6. The van der Waals surface area contributed by atoms with Gasteiger partial charge in [-0.2, -0.15) is 0 Å². The zero-order valence-electron chi connectivity index (χ0n) is 10.2. The van der Waals surface area contributed by atoms with Crippen molar-refractivity contribution in [3.8, 4) is 5.75 Å². The van der Waals surface area contributed by atoms with Gasteiger partial charge in [0.15, 0.2) is 0 Å². The van der Waals surface area contributed by atoms with E-state index in [4.69, 9.17) is 5.11 Å². The molecule has 0 saturated heterocycles. The van der Waals surface area contributed by atoms with Crippen LogP contribution in [0.5, 0.6) is 5.75 Å². The number of halogens is 1. The Labute approximate surface area is 115 Å². The highest BCUT2D eigenvalue weighted by molar-refractivity contribution is 14.1. The Balaban J connectivity index is 3.21. The second-order valence-corrected chi connectivity index (χ2v) is 6.16. The van der Waals surface area contributed by atoms with Crippen LogP contribution in [0.15, 0.2) is 12.1 Å². The molecule has 3 nitrogen and oxygen atoms in total. The second kappa shape index (κ2) is 5.25. The number of phenols is 1. The number of carboxylic acids is 1. The van der Waals surface area contributed by atoms with Crippen LogP contribution < -0.4 is 0 Å². The highest BCUT2D eigenvalue weighted by Gasteiger charge is 2.23. The molecule has 0 amide bonds. The Kier molecular flexibility index (Phi) is 4.41. The van der Waals surface area contributed by atoms with Crippen molar-refractivity contribution in [2.24, 2.45) is 0 Å². The number of benzene rings is 1. The van der Waals surface area contributed by atoms with Crippen LogP contribution in [0, 0.1) is 3.57 Å². The minimum absolute atomic E-state index is 0.108. The van der Waals surface area contributed by atoms with Gasteiger partial charge in [0, 0.05) is 6.42 Å². The zero-order valence-corrected chi connectivity index (χ0v) is 12.4. The van der Waals surface area contributed by atoms with Crippen LogP contribution in [-0.2, 0) is 16.6 Å². The number of carbonyl (C=O) groups is 1. The van der Waals surface area contributed by atoms with Gasteiger partial charge in [0.1, 0.15) is 5.75 Å². The molecule has 2 N–H and O–H groups in total. The summed E-state index contributed by atoms with van der Waals surface area (Å²) in [6.07, 6.45) is 0.613. The number of aryl methyl sites for hydroxylation is 1. The number of hydrogen-bond donors (Lipinski definition) is 2. The molecule has 0 unspecified atom stereocenters. The van der Waals surface area contributed by atoms with E-state index in [1.165, 1.54) is 0 Å². The van der Waals surface area contributed by atoms with E-state index in [-0.39, 0.29) is 17.6 Å². The van der Waals surface area contributed by atoms with E-state index < -0.39 is 5.97 Å². The average Bonchev–Trinajstić information content (AvgIpc) is 2.17. The fourth-order valence-corrected chi connectivity index (χ4v) is 3.20. The third-order valence-corrected chi connectivity index (χ3v) is 3.66. The predicted octanol–water partition coefficient (Wildman–Crippen LogP) is 3.31. The minimum Gasteiger partial charge on any atom is -0.507 e. The summed E-state index contributed by atoms with van der Waals surface area (Å²) in [6, 6.07) is 3.45. The first-order valence-corrected chi connectivity index (χ1v) is 6.54. The van der Waals surface area contributed by atoms with Crippen molar-refractivity contribution in [1.29, 1.82) is 0 Å². The summed E-state index contributed by atoms with van der Waals surface area (Å²) in [5.74, 6) is -0.539. The summed E-state index contributed by atoms with van der Waals surface area (Å²) in [7, 11) is 0. The second-order valence-electron chi connectivity index (χ2n) is 5.08. The van der Waals surface area contributed by atoms with Gasteiger partial charge in [-0.05, 0) is 51.6 Å². The minimum atomic E-state index is -0.798. The fraction of sp³-hybridized carbons (Fsp3) is 0.462. The van der Waals surface area contributed by atoms with Crippen LogP contribution in [0.1, 0.15) is 38.3 Å². The van der Waals surface area contributed by atoms with E-state index in [9.17, 15) is 9.90 Å². The molecule has 94 valence electrons. The molecule has 1 aromatic carbocycles. The molecular weight excluding hydrogens is 331 g/mol. The number of aliphatic carboxylic acids is 1. The molecule has 0 aliphatic carbocycles. The lowest BCUT2D eigenvalue weighted by Crippen LogP contribution is -2.17. The summed E-state index contributed by atoms with van der Waals surface area (Å²) < 4.78 is 0.818. The van der Waals surface area contributed by atoms with Gasteiger partial charge in [-0.1, -0.05) is 26.8 Å². The maximum absolute atomic E-state index is 10.6. The Bertz CT molecular complexity index is 433. The van der Waals surface area contributed by atoms with Crippen molar-refractivity contribution in [3.63, 3.8) is 0 Å². The largest absolute Gasteiger partial charge is 0.507 e. The summed E-state index contributed by atoms with van der Waals surface area (Å²) in [5, 5.41) is 18.5. The lowest BCUT2D eigenvalue weighted by molar-refractivity contribution is -0.136. The molecular formula is C13H17IO3. The van der Waals surface area contributed by atoms with Crippen LogP contribution in [0.2, 0.25) is 0 Å². The third-order valence-electron chi connectivity index (χ3n) is 2.57. The van der Waals surface area contributed by atoms with Crippen molar-refractivity contribution < 1.29 is 15.0 Å². The Hall–Kier alpha value is -0.780. The molecule has 0 aliphatic rings. The van der Waals surface area contributed by atoms with Gasteiger partial charge in [0.25, 0.3) is 0 Å². The molecule has 0 aliphatic heterocycles. The first-order chi connectivity index (χ1) is 7.73. The smallest absolute Gasteiger partial charge is 0.303 e. The van der Waals surface area contributed by atoms with Gasteiger partial charge in [0.2, 0.25) is 0 Å². The molecule has 0 heterocycles. The SMILES string of the molecule is CC(C)(C)c1c(CCC(=O)O)ccc(O)c1I. The van der Waals surface area contributed by atoms with E-state index in [0.717, 1.165) is 14.7 Å². The van der Waals surface area contributed by atoms with Crippen molar-refractivity contribution in [1.82, 2.24) is 0 Å². The maximum Gasteiger partial charge on any atom is 0.303 e. The zero-order chi connectivity index (χ0) is 13.2. The van der Waals surface area contributed by atoms with Crippen molar-refractivity contribution >= 4 is 28.6 Å². The molecule has 17 heavy (non-hydrogen) atoms. The predicted molar refractivity (Wildman–Crippen MR) is 75.5 cm³/mol. The monoisotopic (exact) mass is 348 g/mol. The topological polar surface area (TPSA) is 57.5 Å². The van der Waals surface area contributed by atoms with Crippen LogP contribution >= 0.6 is 22.6 Å². The standard InChI is InChI=1S/C13H17IO3/c1-13(2,3)11-8(5-7-10(16)17)4-6-9(15)12(11)14/h4,6,15H,5,7H2,1-3H3,(H,16,17). The van der Waals surface area contributed by atoms with Crippen LogP contribution in [0.25, 0.3) is 0 Å². The molecule has 0 saturated carbocycles. The van der Waals surface area contributed by atoms with Gasteiger partial charge in [0.05, 0.1) is 3.57 Å². The summed E-state index contributed by atoms with van der Waals surface area (Å²) in [4.78, 5) is 10.6. The first kappa shape index (κ1) is 14.3. The van der Waals surface area contributed by atoms with E-state index in [1.807, 2.05) is 6.07 Å². The van der Waals surface area contributed by atoms with Gasteiger partial charge in [-0.3, -0.25) is 4.79 Å². The first-order valence-electron chi connectivity index (χ1n) is 5.46. The van der Waals surface area contributed by atoms with Gasteiger partial charge >= 0.3 is 5.97 Å². The molecule has 0 radical (unpaired) electrons. The summed E-state index contributed by atoms with van der Waals surface area (Å²) in [6.45, 7) is 6.19. The Morgan fingerprint density at radius 2 is 1.94 bits per heavy atom. The molecule has 4 heteroatoms. The quantitative estimate of drug-likeness (QED) is 0.824. The molecule has 0 fully saturated rings. The number of phenolic OH excluding ortho intramolecular Hbond substituents is 1.